The van der Waals surface area contributed by atoms with E-state index >= 15 is 0 Å². The Morgan fingerprint density at radius 1 is 1.23 bits per heavy atom. The lowest BCUT2D eigenvalue weighted by molar-refractivity contribution is -0.137. The van der Waals surface area contributed by atoms with E-state index < -0.39 is 17.0 Å². The Morgan fingerprint density at radius 3 is 2.66 bits per heavy atom. The number of anilines is 1. The number of nitrogens with one attached hydrogen (secondary N) is 1. The van der Waals surface area contributed by atoms with Crippen LogP contribution in [0, 0.1) is 12.8 Å². The molecule has 0 amide bonds. The van der Waals surface area contributed by atoms with Gasteiger partial charge in [0.15, 0.2) is 0 Å². The van der Waals surface area contributed by atoms with Crippen molar-refractivity contribution in [2.75, 3.05) is 11.8 Å². The first-order valence-electron chi connectivity index (χ1n) is 11.9. The number of rotatable bonds is 10. The third kappa shape index (κ3) is 6.48. The van der Waals surface area contributed by atoms with E-state index in [0.717, 1.165) is 50.8 Å². The first-order chi connectivity index (χ1) is 16.7. The van der Waals surface area contributed by atoms with Gasteiger partial charge < -0.3 is 14.4 Å². The van der Waals surface area contributed by atoms with Crippen LogP contribution in [0.3, 0.4) is 0 Å². The average molecular weight is 494 g/mol. The van der Waals surface area contributed by atoms with Gasteiger partial charge in [0.05, 0.1) is 5.69 Å². The highest BCUT2D eigenvalue weighted by atomic mass is 32.2. The molecule has 1 aromatic carbocycles. The molecule has 3 rings (SSSR count). The van der Waals surface area contributed by atoms with Crippen LogP contribution in [0.2, 0.25) is 0 Å². The predicted octanol–water partition coefficient (Wildman–Crippen LogP) is 5.58. The van der Waals surface area contributed by atoms with Crippen molar-refractivity contribution in [2.45, 2.75) is 53.5 Å². The first-order valence-corrected chi connectivity index (χ1v) is 13.0. The molecule has 35 heavy (non-hydrogen) atoms. The third-order valence-electron chi connectivity index (χ3n) is 6.13. The van der Waals surface area contributed by atoms with Gasteiger partial charge in [0.2, 0.25) is 0 Å². The summed E-state index contributed by atoms with van der Waals surface area (Å²) in [5, 5.41) is 9.61. The lowest BCUT2D eigenvalue weighted by Gasteiger charge is -2.14. The number of hydrogen-bond donors (Lipinski definition) is 2. The summed E-state index contributed by atoms with van der Waals surface area (Å²) in [7, 11) is 0.397. The molecule has 0 radical (unpaired) electrons. The van der Waals surface area contributed by atoms with Crippen molar-refractivity contribution in [3.63, 3.8) is 0 Å². The molecule has 1 aliphatic rings. The maximum Gasteiger partial charge on any atom is 0.323 e. The molecular formula is C28H35N3O3S. The second-order valence-corrected chi connectivity index (χ2v) is 10.4. The van der Waals surface area contributed by atoms with Crippen molar-refractivity contribution in [1.29, 1.82) is 0 Å². The molecule has 1 unspecified atom stereocenters. The zero-order valence-corrected chi connectivity index (χ0v) is 22.0. The first kappa shape index (κ1) is 26.4. The average Bonchev–Trinajstić information content (AvgIpc) is 2.99. The molecule has 0 saturated heterocycles. The highest BCUT2D eigenvalue weighted by Crippen LogP contribution is 2.31. The van der Waals surface area contributed by atoms with E-state index in [4.69, 9.17) is 0 Å². The van der Waals surface area contributed by atoms with Crippen LogP contribution < -0.4 is 4.72 Å². The van der Waals surface area contributed by atoms with Gasteiger partial charge in [0.25, 0.3) is 0 Å². The van der Waals surface area contributed by atoms with Crippen LogP contribution in [0.15, 0.2) is 64.5 Å². The zero-order chi connectivity index (χ0) is 25.5. The second-order valence-electron chi connectivity index (χ2n) is 9.13. The summed E-state index contributed by atoms with van der Waals surface area (Å²) in [4.78, 5) is 17.0. The van der Waals surface area contributed by atoms with E-state index in [1.54, 1.807) is 7.05 Å². The summed E-state index contributed by atoms with van der Waals surface area (Å²) in [6.45, 7) is 8.15. The van der Waals surface area contributed by atoms with Crippen LogP contribution in [-0.4, -0.2) is 32.6 Å². The van der Waals surface area contributed by atoms with Gasteiger partial charge in [-0.15, -0.1) is 0 Å². The maximum atomic E-state index is 13.1. The standard InChI is InChI=1S/C28H35N3O3S/c1-19(2)16-26-28(20(3)29-5)24(21(4)31(26)18-27(32)33)17-22-12-10-11-15-25(22)30-35(34)23-13-8-6-7-9-14-23/h6-13,15,19,30H,14,16-18H2,1-5H3,(H,32,33). The fourth-order valence-electron chi connectivity index (χ4n) is 4.38. The second kappa shape index (κ2) is 12.0. The molecular weight excluding hydrogens is 458 g/mol. The minimum atomic E-state index is -1.37. The Hall–Kier alpha value is -3.19. The molecule has 0 fully saturated rings. The van der Waals surface area contributed by atoms with Gasteiger partial charge in [-0.1, -0.05) is 56.4 Å². The van der Waals surface area contributed by atoms with Crippen LogP contribution in [0.25, 0.3) is 0 Å². The Labute approximate surface area is 210 Å². The van der Waals surface area contributed by atoms with Crippen LogP contribution in [-0.2, 0) is 35.2 Å². The zero-order valence-electron chi connectivity index (χ0n) is 21.2. The lowest BCUT2D eigenvalue weighted by atomic mass is 9.94. The summed E-state index contributed by atoms with van der Waals surface area (Å²) >= 11 is 0. The van der Waals surface area contributed by atoms with Crippen molar-refractivity contribution < 1.29 is 14.1 Å². The van der Waals surface area contributed by atoms with Crippen molar-refractivity contribution in [1.82, 2.24) is 4.57 Å². The van der Waals surface area contributed by atoms with Gasteiger partial charge >= 0.3 is 5.97 Å². The molecule has 186 valence electrons. The number of allylic oxidation sites excluding steroid dienone is 6. The number of carboxylic acid groups (broad SMARTS) is 1. The number of carboxylic acids is 1. The predicted molar refractivity (Wildman–Crippen MR) is 145 cm³/mol. The van der Waals surface area contributed by atoms with E-state index in [-0.39, 0.29) is 6.54 Å². The van der Waals surface area contributed by atoms with E-state index in [0.29, 0.717) is 18.8 Å². The van der Waals surface area contributed by atoms with E-state index in [2.05, 4.69) is 23.6 Å². The Bertz CT molecular complexity index is 1230. The van der Waals surface area contributed by atoms with Gasteiger partial charge in [-0.05, 0) is 49.5 Å². The SMILES string of the molecule is CN=C(C)c1c(Cc2ccccc2NS(=O)C2=CC=CC=CC2)c(C)n(CC(=O)O)c1CC(C)C. The number of nitrogens with zero attached hydrogens (tertiary/aromatic N) is 2. The van der Waals surface area contributed by atoms with Crippen LogP contribution in [0.5, 0.6) is 0 Å². The molecule has 2 aromatic rings. The largest absolute Gasteiger partial charge is 0.480 e. The molecule has 1 aromatic heterocycles. The normalized spacial score (nSPS) is 14.7. The van der Waals surface area contributed by atoms with Gasteiger partial charge in [-0.25, -0.2) is 4.21 Å². The van der Waals surface area contributed by atoms with Crippen molar-refractivity contribution >= 4 is 28.4 Å². The quantitative estimate of drug-likeness (QED) is 0.424. The number of aromatic nitrogens is 1. The molecule has 1 aliphatic carbocycles. The monoisotopic (exact) mass is 493 g/mol. The maximum absolute atomic E-state index is 13.1. The van der Waals surface area contributed by atoms with Gasteiger partial charge in [-0.3, -0.25) is 9.79 Å². The Kier molecular flexibility index (Phi) is 9.04. The Balaban J connectivity index is 2.05. The molecule has 7 heteroatoms. The van der Waals surface area contributed by atoms with Crippen molar-refractivity contribution in [2.24, 2.45) is 10.9 Å². The highest BCUT2D eigenvalue weighted by molar-refractivity contribution is 7.90. The van der Waals surface area contributed by atoms with Gasteiger partial charge in [0, 0.05) is 47.5 Å². The Morgan fingerprint density at radius 2 is 1.97 bits per heavy atom. The molecule has 2 N–H and O–H groups in total. The van der Waals surface area contributed by atoms with Crippen molar-refractivity contribution in [3.05, 3.63) is 87.6 Å². The third-order valence-corrected chi connectivity index (χ3v) is 7.32. The molecule has 0 saturated carbocycles. The molecule has 1 atom stereocenters. The summed E-state index contributed by atoms with van der Waals surface area (Å²) in [5.74, 6) is -0.505. The number of benzene rings is 1. The summed E-state index contributed by atoms with van der Waals surface area (Å²) < 4.78 is 18.2. The topological polar surface area (TPSA) is 83.7 Å². The highest BCUT2D eigenvalue weighted by Gasteiger charge is 2.24. The van der Waals surface area contributed by atoms with E-state index in [9.17, 15) is 14.1 Å². The fraction of sp³-hybridized carbons (Fsp3) is 0.357. The minimum Gasteiger partial charge on any atom is -0.480 e. The van der Waals surface area contributed by atoms with E-state index in [1.807, 2.05) is 73.1 Å². The van der Waals surface area contributed by atoms with Crippen LogP contribution >= 0.6 is 0 Å². The molecule has 0 spiro atoms. The van der Waals surface area contributed by atoms with E-state index in [1.165, 1.54) is 0 Å². The number of aliphatic carboxylic acids is 1. The number of para-hydroxylation sites is 1. The summed E-state index contributed by atoms with van der Waals surface area (Å²) in [5.41, 5.74) is 6.71. The van der Waals surface area contributed by atoms with Crippen LogP contribution in [0.4, 0.5) is 5.69 Å². The van der Waals surface area contributed by atoms with Gasteiger partial charge in [-0.2, -0.15) is 0 Å². The molecule has 1 heterocycles. The van der Waals surface area contributed by atoms with Crippen molar-refractivity contribution in [3.8, 4) is 0 Å². The number of carbonyl (C=O) groups is 1. The number of hydrogen-bond acceptors (Lipinski definition) is 3. The molecule has 0 bridgehead atoms. The number of aliphatic imine (C=N–C) groups is 1. The van der Waals surface area contributed by atoms with Crippen LogP contribution in [0.1, 0.15) is 55.3 Å². The van der Waals surface area contributed by atoms with Gasteiger partial charge in [0.1, 0.15) is 17.5 Å². The summed E-state index contributed by atoms with van der Waals surface area (Å²) in [6.07, 6.45) is 11.6. The summed E-state index contributed by atoms with van der Waals surface area (Å²) in [6, 6.07) is 7.86. The smallest absolute Gasteiger partial charge is 0.323 e. The molecule has 0 aliphatic heterocycles. The minimum absolute atomic E-state index is 0.0863. The fourth-order valence-corrected chi connectivity index (χ4v) is 5.36. The lowest BCUT2D eigenvalue weighted by Crippen LogP contribution is -2.15. The molecule has 6 nitrogen and oxygen atoms in total.